The molecule has 0 aliphatic heterocycles. The Morgan fingerprint density at radius 3 is 1.93 bits per heavy atom. The summed E-state index contributed by atoms with van der Waals surface area (Å²) < 4.78 is 0.943. The Morgan fingerprint density at radius 2 is 1.48 bits per heavy atom. The lowest BCUT2D eigenvalue weighted by Gasteiger charge is -2.17. The van der Waals surface area contributed by atoms with Crippen molar-refractivity contribution in [2.24, 2.45) is 0 Å². The Hall–Kier alpha value is -1.66. The topological polar surface area (TPSA) is 43.8 Å². The molecule has 0 heterocycles. The maximum atomic E-state index is 12.4. The fourth-order valence-corrected chi connectivity index (χ4v) is 2.95. The summed E-state index contributed by atoms with van der Waals surface area (Å²) in [5.41, 5.74) is 3.25. The average molecular weight is 454 g/mol. The van der Waals surface area contributed by atoms with E-state index >= 15 is 0 Å². The third-order valence-electron chi connectivity index (χ3n) is 3.82. The molecular formula is C21H26BrClN2O2. The molecule has 27 heavy (non-hydrogen) atoms. The fraction of sp³-hybridized carbons (Fsp3) is 0.286. The number of phenols is 1. The minimum Gasteiger partial charge on any atom is -0.507 e. The highest BCUT2D eigenvalue weighted by Gasteiger charge is 2.11. The second kappa shape index (κ2) is 10.6. The number of phenolic OH excluding ortho intramolecular Hbond substituents is 1. The fourth-order valence-electron chi connectivity index (χ4n) is 2.69. The summed E-state index contributed by atoms with van der Waals surface area (Å²) in [5.74, 6) is 0.276. The van der Waals surface area contributed by atoms with Crippen LogP contribution < -0.4 is 0 Å². The summed E-state index contributed by atoms with van der Waals surface area (Å²) in [6, 6.07) is 11.2. The van der Waals surface area contributed by atoms with Crippen molar-refractivity contribution in [3.05, 3.63) is 69.2 Å². The lowest BCUT2D eigenvalue weighted by molar-refractivity contribution is 0.104. The van der Waals surface area contributed by atoms with Gasteiger partial charge in [-0.2, -0.15) is 0 Å². The molecule has 6 heteroatoms. The molecule has 0 aromatic heterocycles. The Kier molecular flexibility index (Phi) is 9.19. The van der Waals surface area contributed by atoms with Crippen molar-refractivity contribution < 1.29 is 9.90 Å². The van der Waals surface area contributed by atoms with Crippen LogP contribution in [-0.4, -0.2) is 48.9 Å². The van der Waals surface area contributed by atoms with E-state index in [2.05, 4.69) is 15.9 Å². The largest absolute Gasteiger partial charge is 0.507 e. The zero-order valence-corrected chi connectivity index (χ0v) is 18.5. The van der Waals surface area contributed by atoms with Gasteiger partial charge in [-0.25, -0.2) is 0 Å². The van der Waals surface area contributed by atoms with Crippen LogP contribution in [0.25, 0.3) is 6.08 Å². The molecule has 0 bridgehead atoms. The number of aromatic hydroxyl groups is 1. The smallest absolute Gasteiger partial charge is 0.185 e. The predicted octanol–water partition coefficient (Wildman–Crippen LogP) is 4.60. The van der Waals surface area contributed by atoms with E-state index in [1.165, 1.54) is 0 Å². The molecule has 0 amide bonds. The van der Waals surface area contributed by atoms with Crippen LogP contribution in [0, 0.1) is 0 Å². The Labute approximate surface area is 176 Å². The third-order valence-corrected chi connectivity index (χ3v) is 4.35. The maximum absolute atomic E-state index is 12.4. The quantitative estimate of drug-likeness (QED) is 0.492. The molecule has 2 aromatic rings. The second-order valence-electron chi connectivity index (χ2n) is 6.87. The van der Waals surface area contributed by atoms with Crippen LogP contribution in [0.5, 0.6) is 5.75 Å². The van der Waals surface area contributed by atoms with Crippen LogP contribution >= 0.6 is 28.3 Å². The number of hydrogen-bond donors (Lipinski definition) is 1. The van der Waals surface area contributed by atoms with E-state index in [4.69, 9.17) is 0 Å². The molecule has 2 rings (SSSR count). The number of ketones is 1. The van der Waals surface area contributed by atoms with Gasteiger partial charge in [0.15, 0.2) is 5.78 Å². The number of allylic oxidation sites excluding steroid dienone is 1. The van der Waals surface area contributed by atoms with Gasteiger partial charge in [0.25, 0.3) is 0 Å². The first kappa shape index (κ1) is 23.4. The van der Waals surface area contributed by atoms with Crippen LogP contribution in [0.2, 0.25) is 0 Å². The summed E-state index contributed by atoms with van der Waals surface area (Å²) in [4.78, 5) is 16.4. The highest BCUT2D eigenvalue weighted by Crippen LogP contribution is 2.27. The normalized spacial score (nSPS) is 11.2. The van der Waals surface area contributed by atoms with E-state index < -0.39 is 0 Å². The summed E-state index contributed by atoms with van der Waals surface area (Å²) in [6.07, 6.45) is 3.39. The van der Waals surface area contributed by atoms with E-state index in [1.807, 2.05) is 68.3 Å². The first-order chi connectivity index (χ1) is 12.3. The molecule has 0 aliphatic rings. The van der Waals surface area contributed by atoms with Crippen molar-refractivity contribution in [1.29, 1.82) is 0 Å². The van der Waals surface area contributed by atoms with Crippen molar-refractivity contribution >= 4 is 40.2 Å². The molecule has 0 spiro atoms. The Bertz CT molecular complexity index is 771. The SMILES string of the molecule is CN(C)Cc1cc(C=CC(=O)c2ccc(Br)cc2)cc(CN(C)C)c1O.Cl. The standard InChI is InChI=1S/C21H25BrN2O2.ClH/c1-23(2)13-17-11-15(12-18(21(17)26)14-24(3)4)5-10-20(25)16-6-8-19(22)9-7-16;/h5-12,26H,13-14H2,1-4H3;1H. The number of carbonyl (C=O) groups is 1. The zero-order chi connectivity index (χ0) is 19.3. The van der Waals surface area contributed by atoms with Gasteiger partial charge in [0.2, 0.25) is 0 Å². The second-order valence-corrected chi connectivity index (χ2v) is 7.78. The number of rotatable bonds is 7. The first-order valence-electron chi connectivity index (χ1n) is 8.38. The first-order valence-corrected chi connectivity index (χ1v) is 9.17. The summed E-state index contributed by atoms with van der Waals surface area (Å²) in [7, 11) is 7.85. The molecular weight excluding hydrogens is 428 g/mol. The molecule has 1 N–H and O–H groups in total. The van der Waals surface area contributed by atoms with Gasteiger partial charge in [-0.15, -0.1) is 12.4 Å². The molecule has 146 valence electrons. The highest BCUT2D eigenvalue weighted by molar-refractivity contribution is 9.10. The van der Waals surface area contributed by atoms with Gasteiger partial charge in [0.05, 0.1) is 0 Å². The van der Waals surface area contributed by atoms with Gasteiger partial charge >= 0.3 is 0 Å². The number of nitrogens with zero attached hydrogens (tertiary/aromatic N) is 2. The van der Waals surface area contributed by atoms with E-state index in [1.54, 1.807) is 18.2 Å². The number of halogens is 2. The maximum Gasteiger partial charge on any atom is 0.185 e. The third kappa shape index (κ3) is 7.11. The minimum atomic E-state index is -0.0473. The van der Waals surface area contributed by atoms with Crippen LogP contribution in [-0.2, 0) is 13.1 Å². The lowest BCUT2D eigenvalue weighted by atomic mass is 10.0. The Morgan fingerprint density at radius 1 is 1.00 bits per heavy atom. The molecule has 0 aliphatic carbocycles. The molecule has 0 saturated heterocycles. The molecule has 0 fully saturated rings. The van der Waals surface area contributed by atoms with Gasteiger partial charge in [-0.3, -0.25) is 4.79 Å². The number of carbonyl (C=O) groups excluding carboxylic acids is 1. The van der Waals surface area contributed by atoms with Crippen LogP contribution in [0.15, 0.2) is 46.9 Å². The summed E-state index contributed by atoms with van der Waals surface area (Å²) >= 11 is 3.37. The molecule has 2 aromatic carbocycles. The number of hydrogen-bond acceptors (Lipinski definition) is 4. The van der Waals surface area contributed by atoms with Crippen molar-refractivity contribution in [1.82, 2.24) is 9.80 Å². The molecule has 4 nitrogen and oxygen atoms in total. The van der Waals surface area contributed by atoms with Crippen molar-refractivity contribution in [2.75, 3.05) is 28.2 Å². The summed E-state index contributed by atoms with van der Waals surface area (Å²) in [5, 5.41) is 10.5. The Balaban J connectivity index is 0.00000364. The van der Waals surface area contributed by atoms with Gasteiger partial charge in [-0.1, -0.05) is 22.0 Å². The average Bonchev–Trinajstić information content (AvgIpc) is 2.56. The molecule has 0 atom stereocenters. The van der Waals surface area contributed by atoms with Gasteiger partial charge < -0.3 is 14.9 Å². The lowest BCUT2D eigenvalue weighted by Crippen LogP contribution is -2.14. The number of benzene rings is 2. The van der Waals surface area contributed by atoms with Gasteiger partial charge in [0.1, 0.15) is 5.75 Å². The molecule has 0 unspecified atom stereocenters. The summed E-state index contributed by atoms with van der Waals surface area (Å²) in [6.45, 7) is 1.27. The van der Waals surface area contributed by atoms with Gasteiger partial charge in [0, 0.05) is 34.3 Å². The van der Waals surface area contributed by atoms with E-state index in [-0.39, 0.29) is 18.2 Å². The molecule has 0 saturated carbocycles. The van der Waals surface area contributed by atoms with E-state index in [0.717, 1.165) is 21.2 Å². The predicted molar refractivity (Wildman–Crippen MR) is 118 cm³/mol. The zero-order valence-electron chi connectivity index (χ0n) is 16.1. The monoisotopic (exact) mass is 452 g/mol. The van der Waals surface area contributed by atoms with Crippen molar-refractivity contribution in [3.8, 4) is 5.75 Å². The molecule has 0 radical (unpaired) electrons. The van der Waals surface area contributed by atoms with Crippen LogP contribution in [0.4, 0.5) is 0 Å². The van der Waals surface area contributed by atoms with Crippen molar-refractivity contribution in [3.63, 3.8) is 0 Å². The van der Waals surface area contributed by atoms with Crippen molar-refractivity contribution in [2.45, 2.75) is 13.1 Å². The van der Waals surface area contributed by atoms with Gasteiger partial charge in [-0.05, 0) is 76.2 Å². The van der Waals surface area contributed by atoms with Crippen LogP contribution in [0.1, 0.15) is 27.0 Å². The van der Waals surface area contributed by atoms with Crippen LogP contribution in [0.3, 0.4) is 0 Å². The minimum absolute atomic E-state index is 0. The van der Waals surface area contributed by atoms with E-state index in [0.29, 0.717) is 24.4 Å². The van der Waals surface area contributed by atoms with E-state index in [9.17, 15) is 9.90 Å². The highest BCUT2D eigenvalue weighted by atomic mass is 79.9.